The molecule has 1 heterocycles. The highest BCUT2D eigenvalue weighted by Gasteiger charge is 2.44. The van der Waals surface area contributed by atoms with E-state index in [0.29, 0.717) is 12.1 Å². The van der Waals surface area contributed by atoms with Crippen LogP contribution in [-0.2, 0) is 19.8 Å². The number of hydrogen-bond donors (Lipinski definition) is 0. The number of benzene rings is 1. The molecule has 0 N–H and O–H groups in total. The largest absolute Gasteiger partial charge is 0.295 e. The predicted molar refractivity (Wildman–Crippen MR) is 102 cm³/mol. The van der Waals surface area contributed by atoms with Crippen molar-refractivity contribution in [1.82, 2.24) is 0 Å². The van der Waals surface area contributed by atoms with Crippen LogP contribution in [0, 0.1) is 11.8 Å². The molecular weight excluding hydrogens is 326 g/mol. The maximum atomic E-state index is 13.2. The van der Waals surface area contributed by atoms with Gasteiger partial charge in [-0.3, -0.25) is 14.4 Å². The molecule has 1 aliphatic carbocycles. The second-order valence-electron chi connectivity index (χ2n) is 8.47. The van der Waals surface area contributed by atoms with E-state index in [4.69, 9.17) is 0 Å². The van der Waals surface area contributed by atoms with Crippen LogP contribution in [0.1, 0.15) is 58.9 Å². The number of allylic oxidation sites excluding steroid dienone is 2. The van der Waals surface area contributed by atoms with E-state index in [2.05, 4.69) is 20.8 Å². The zero-order valence-electron chi connectivity index (χ0n) is 16.0. The van der Waals surface area contributed by atoms with Gasteiger partial charge >= 0.3 is 0 Å². The van der Waals surface area contributed by atoms with Crippen molar-refractivity contribution in [3.8, 4) is 0 Å². The molecule has 0 unspecified atom stereocenters. The monoisotopic (exact) mass is 353 g/mol. The minimum absolute atomic E-state index is 0.0810. The Morgan fingerprint density at radius 2 is 1.77 bits per heavy atom. The van der Waals surface area contributed by atoms with Crippen molar-refractivity contribution in [3.63, 3.8) is 0 Å². The molecule has 1 saturated heterocycles. The Bertz CT molecular complexity index is 785. The summed E-state index contributed by atoms with van der Waals surface area (Å²) in [7, 11) is 0. The molecule has 3 rings (SSSR count). The minimum atomic E-state index is -0.382. The average Bonchev–Trinajstić information content (AvgIpc) is 2.88. The predicted octanol–water partition coefficient (Wildman–Crippen LogP) is 4.18. The van der Waals surface area contributed by atoms with E-state index in [9.17, 15) is 14.4 Å². The van der Waals surface area contributed by atoms with Crippen LogP contribution in [0.5, 0.6) is 0 Å². The van der Waals surface area contributed by atoms with Gasteiger partial charge in [-0.05, 0) is 41.9 Å². The van der Waals surface area contributed by atoms with Crippen LogP contribution in [0.25, 0.3) is 0 Å². The van der Waals surface area contributed by atoms with E-state index in [1.165, 1.54) is 4.90 Å². The van der Waals surface area contributed by atoms with E-state index in [1.54, 1.807) is 6.08 Å². The quantitative estimate of drug-likeness (QED) is 0.766. The number of para-hydroxylation sites is 1. The van der Waals surface area contributed by atoms with Gasteiger partial charge in [0.05, 0.1) is 11.6 Å². The van der Waals surface area contributed by atoms with Gasteiger partial charge in [-0.25, -0.2) is 4.90 Å². The third-order valence-electron chi connectivity index (χ3n) is 5.56. The van der Waals surface area contributed by atoms with E-state index in [-0.39, 0.29) is 41.3 Å². The Kier molecular flexibility index (Phi) is 4.87. The van der Waals surface area contributed by atoms with Crippen molar-refractivity contribution in [2.75, 3.05) is 4.90 Å². The number of anilines is 1. The fourth-order valence-electron chi connectivity index (χ4n) is 4.04. The van der Waals surface area contributed by atoms with Crippen molar-refractivity contribution >= 4 is 23.3 Å². The number of nitrogens with zero attached hydrogens (tertiary/aromatic N) is 1. The molecule has 0 spiro atoms. The maximum absolute atomic E-state index is 13.2. The highest BCUT2D eigenvalue weighted by molar-refractivity contribution is 6.21. The number of rotatable bonds is 3. The van der Waals surface area contributed by atoms with Gasteiger partial charge in [0.1, 0.15) is 0 Å². The summed E-state index contributed by atoms with van der Waals surface area (Å²) >= 11 is 0. The molecule has 138 valence electrons. The van der Waals surface area contributed by atoms with Crippen LogP contribution >= 0.6 is 0 Å². The third-order valence-corrected chi connectivity index (χ3v) is 5.56. The number of imide groups is 1. The zero-order chi connectivity index (χ0) is 19.1. The fraction of sp³-hybridized carbons (Fsp3) is 0.500. The molecule has 0 saturated carbocycles. The lowest BCUT2D eigenvalue weighted by Gasteiger charge is -2.27. The van der Waals surface area contributed by atoms with Gasteiger partial charge in [0.15, 0.2) is 5.78 Å². The summed E-state index contributed by atoms with van der Waals surface area (Å²) in [5, 5.41) is 0. The molecule has 4 heteroatoms. The van der Waals surface area contributed by atoms with Crippen LogP contribution in [0.4, 0.5) is 5.69 Å². The fourth-order valence-corrected chi connectivity index (χ4v) is 4.04. The third kappa shape index (κ3) is 3.37. The number of hydrogen-bond acceptors (Lipinski definition) is 3. The molecule has 1 aromatic rings. The smallest absolute Gasteiger partial charge is 0.237 e. The van der Waals surface area contributed by atoms with Gasteiger partial charge in [0, 0.05) is 12.8 Å². The van der Waals surface area contributed by atoms with Crippen molar-refractivity contribution in [2.45, 2.75) is 58.8 Å². The summed E-state index contributed by atoms with van der Waals surface area (Å²) in [6.07, 6.45) is 4.16. The first kappa shape index (κ1) is 18.6. The minimum Gasteiger partial charge on any atom is -0.295 e. The number of carbonyl (C=O) groups is 3. The van der Waals surface area contributed by atoms with E-state index < -0.39 is 0 Å². The second-order valence-corrected chi connectivity index (χ2v) is 8.47. The van der Waals surface area contributed by atoms with Crippen molar-refractivity contribution in [1.29, 1.82) is 0 Å². The summed E-state index contributed by atoms with van der Waals surface area (Å²) in [5.74, 6) is -0.621. The van der Waals surface area contributed by atoms with Gasteiger partial charge in [-0.1, -0.05) is 51.5 Å². The molecule has 0 radical (unpaired) electrons. The molecule has 1 fully saturated rings. The highest BCUT2D eigenvalue weighted by atomic mass is 16.2. The van der Waals surface area contributed by atoms with Gasteiger partial charge in [-0.15, -0.1) is 0 Å². The number of carbonyl (C=O) groups excluding carboxylic acids is 3. The molecule has 2 amide bonds. The Morgan fingerprint density at radius 3 is 2.42 bits per heavy atom. The van der Waals surface area contributed by atoms with Gasteiger partial charge in [0.2, 0.25) is 11.8 Å². The Morgan fingerprint density at radius 1 is 1.08 bits per heavy atom. The second kappa shape index (κ2) is 6.82. The first-order valence-corrected chi connectivity index (χ1v) is 9.39. The Hall–Kier alpha value is -2.23. The van der Waals surface area contributed by atoms with Gasteiger partial charge in [-0.2, -0.15) is 0 Å². The SMILES string of the molecule is C[C@@H](C1=CC(=O)CCC1)[C@H]1CC(=O)N(c2ccccc2C(C)(C)C)C1=O. The lowest BCUT2D eigenvalue weighted by Crippen LogP contribution is -2.34. The lowest BCUT2D eigenvalue weighted by atomic mass is 9.81. The van der Waals surface area contributed by atoms with Crippen LogP contribution in [0.3, 0.4) is 0 Å². The van der Waals surface area contributed by atoms with E-state index in [1.807, 2.05) is 31.2 Å². The van der Waals surface area contributed by atoms with Crippen LogP contribution in [-0.4, -0.2) is 17.6 Å². The summed E-state index contributed by atoms with van der Waals surface area (Å²) in [6.45, 7) is 8.21. The van der Waals surface area contributed by atoms with Crippen molar-refractivity contribution < 1.29 is 14.4 Å². The summed E-state index contributed by atoms with van der Waals surface area (Å²) < 4.78 is 0. The van der Waals surface area contributed by atoms with Crippen molar-refractivity contribution in [2.24, 2.45) is 11.8 Å². The molecular formula is C22H27NO3. The Balaban J connectivity index is 1.92. The van der Waals surface area contributed by atoms with E-state index >= 15 is 0 Å². The molecule has 2 atom stereocenters. The molecule has 1 aromatic carbocycles. The zero-order valence-corrected chi connectivity index (χ0v) is 16.0. The average molecular weight is 353 g/mol. The lowest BCUT2D eigenvalue weighted by molar-refractivity contribution is -0.123. The van der Waals surface area contributed by atoms with Crippen molar-refractivity contribution in [3.05, 3.63) is 41.5 Å². The molecule has 26 heavy (non-hydrogen) atoms. The topological polar surface area (TPSA) is 54.5 Å². The van der Waals surface area contributed by atoms with E-state index in [0.717, 1.165) is 24.0 Å². The molecule has 2 aliphatic rings. The van der Waals surface area contributed by atoms with Gasteiger partial charge in [0.25, 0.3) is 0 Å². The van der Waals surface area contributed by atoms with Gasteiger partial charge < -0.3 is 0 Å². The first-order valence-electron chi connectivity index (χ1n) is 9.39. The number of amides is 2. The van der Waals surface area contributed by atoms with Crippen LogP contribution < -0.4 is 4.90 Å². The highest BCUT2D eigenvalue weighted by Crippen LogP contribution is 2.39. The molecule has 4 nitrogen and oxygen atoms in total. The molecule has 0 aromatic heterocycles. The molecule has 1 aliphatic heterocycles. The molecule has 0 bridgehead atoms. The normalized spacial score (nSPS) is 22.6. The standard InChI is InChI=1S/C22H27NO3/c1-14(15-8-7-9-16(24)12-15)17-13-20(25)23(21(17)26)19-11-6-5-10-18(19)22(2,3)4/h5-6,10-12,14,17H,7-9,13H2,1-4H3/t14-,17+/m0/s1. The number of ketones is 1. The maximum Gasteiger partial charge on any atom is 0.237 e. The first-order chi connectivity index (χ1) is 12.2. The summed E-state index contributed by atoms with van der Waals surface area (Å²) in [5.41, 5.74) is 2.53. The summed E-state index contributed by atoms with van der Waals surface area (Å²) in [4.78, 5) is 39.0. The summed E-state index contributed by atoms with van der Waals surface area (Å²) in [6, 6.07) is 7.64. The van der Waals surface area contributed by atoms with Crippen LogP contribution in [0.2, 0.25) is 0 Å². The van der Waals surface area contributed by atoms with Crippen LogP contribution in [0.15, 0.2) is 35.9 Å². The Labute approximate surface area is 155 Å².